The van der Waals surface area contributed by atoms with E-state index in [2.05, 4.69) is 70.5 Å². The third kappa shape index (κ3) is 2.52. The quantitative estimate of drug-likeness (QED) is 0.752. The fourth-order valence-electron chi connectivity index (χ4n) is 2.45. The largest absolute Gasteiger partial charge is 0.326 e. The third-order valence-electron chi connectivity index (χ3n) is 3.37. The van der Waals surface area contributed by atoms with Gasteiger partial charge in [0.05, 0.1) is 5.69 Å². The van der Waals surface area contributed by atoms with Crippen molar-refractivity contribution in [2.24, 2.45) is 0 Å². The molecule has 0 aliphatic heterocycles. The summed E-state index contributed by atoms with van der Waals surface area (Å²) >= 11 is 0. The first-order chi connectivity index (χ1) is 9.76. The molecule has 3 rings (SSSR count). The lowest BCUT2D eigenvalue weighted by Gasteiger charge is -2.09. The van der Waals surface area contributed by atoms with Gasteiger partial charge in [0, 0.05) is 18.4 Å². The maximum atomic E-state index is 4.56. The smallest absolute Gasteiger partial charge is 0.207 e. The zero-order valence-corrected chi connectivity index (χ0v) is 11.9. The average Bonchev–Trinajstić information content (AvgIpc) is 2.79. The molecular formula is C17H19N3. The summed E-state index contributed by atoms with van der Waals surface area (Å²) in [5, 5.41) is 5.92. The third-order valence-corrected chi connectivity index (χ3v) is 3.37. The number of imidazole rings is 1. The molecule has 2 aromatic carbocycles. The normalized spacial score (nSPS) is 10.9. The molecule has 102 valence electrons. The van der Waals surface area contributed by atoms with E-state index in [4.69, 9.17) is 0 Å². The Hall–Kier alpha value is -2.29. The number of aryl methyl sites for hydroxylation is 2. The number of fused-ring (bicyclic) bond motifs is 1. The molecule has 1 aromatic heterocycles. The van der Waals surface area contributed by atoms with Gasteiger partial charge in [-0.05, 0) is 36.2 Å². The van der Waals surface area contributed by atoms with Gasteiger partial charge >= 0.3 is 0 Å². The van der Waals surface area contributed by atoms with Crippen molar-refractivity contribution >= 4 is 22.4 Å². The van der Waals surface area contributed by atoms with Crippen LogP contribution in [0, 0.1) is 6.92 Å². The number of anilines is 2. The van der Waals surface area contributed by atoms with E-state index >= 15 is 0 Å². The summed E-state index contributed by atoms with van der Waals surface area (Å²) in [6.45, 7) is 5.18. The van der Waals surface area contributed by atoms with Crippen molar-refractivity contribution in [1.82, 2.24) is 9.55 Å². The van der Waals surface area contributed by atoms with E-state index < -0.39 is 0 Å². The van der Waals surface area contributed by atoms with E-state index in [1.54, 1.807) is 0 Å². The van der Waals surface area contributed by atoms with Gasteiger partial charge in [0.15, 0.2) is 0 Å². The Bertz CT molecular complexity index is 728. The van der Waals surface area contributed by atoms with Crippen LogP contribution in [0.25, 0.3) is 10.8 Å². The van der Waals surface area contributed by atoms with E-state index in [1.807, 2.05) is 6.92 Å². The molecular weight excluding hydrogens is 246 g/mol. The molecule has 0 fully saturated rings. The standard InChI is InChI=1S/C17H19N3/c1-3-10-20-12-13(2)18-17(20)19-16-9-8-14-6-4-5-7-15(14)11-16/h4-9,11-12H,3,10H2,1-2H3,(H,18,19). The summed E-state index contributed by atoms with van der Waals surface area (Å²) in [5.41, 5.74) is 2.12. The molecule has 3 nitrogen and oxygen atoms in total. The predicted molar refractivity (Wildman–Crippen MR) is 84.5 cm³/mol. The lowest BCUT2D eigenvalue weighted by molar-refractivity contribution is 0.686. The van der Waals surface area contributed by atoms with Crippen LogP contribution in [-0.2, 0) is 6.54 Å². The first-order valence-corrected chi connectivity index (χ1v) is 7.06. The minimum atomic E-state index is 0.916. The van der Waals surface area contributed by atoms with Crippen molar-refractivity contribution in [2.45, 2.75) is 26.8 Å². The zero-order chi connectivity index (χ0) is 13.9. The monoisotopic (exact) mass is 265 g/mol. The summed E-state index contributed by atoms with van der Waals surface area (Å²) in [6, 6.07) is 14.8. The second-order valence-corrected chi connectivity index (χ2v) is 5.09. The molecule has 0 aliphatic rings. The van der Waals surface area contributed by atoms with E-state index in [0.29, 0.717) is 0 Å². The van der Waals surface area contributed by atoms with Crippen molar-refractivity contribution < 1.29 is 0 Å². The molecule has 0 amide bonds. The highest BCUT2D eigenvalue weighted by molar-refractivity contribution is 5.86. The van der Waals surface area contributed by atoms with E-state index in [-0.39, 0.29) is 0 Å². The zero-order valence-electron chi connectivity index (χ0n) is 11.9. The van der Waals surface area contributed by atoms with Crippen LogP contribution >= 0.6 is 0 Å². The predicted octanol–water partition coefficient (Wildman–Crippen LogP) is 4.50. The minimum Gasteiger partial charge on any atom is -0.326 e. The van der Waals surface area contributed by atoms with Crippen molar-refractivity contribution in [3.05, 3.63) is 54.4 Å². The van der Waals surface area contributed by atoms with Crippen molar-refractivity contribution in [3.8, 4) is 0 Å². The topological polar surface area (TPSA) is 29.9 Å². The van der Waals surface area contributed by atoms with Gasteiger partial charge in [-0.15, -0.1) is 0 Å². The van der Waals surface area contributed by atoms with Crippen LogP contribution in [-0.4, -0.2) is 9.55 Å². The number of rotatable bonds is 4. The van der Waals surface area contributed by atoms with Gasteiger partial charge in [0.2, 0.25) is 5.95 Å². The Morgan fingerprint density at radius 1 is 1.10 bits per heavy atom. The van der Waals surface area contributed by atoms with Crippen molar-refractivity contribution in [1.29, 1.82) is 0 Å². The van der Waals surface area contributed by atoms with Crippen LogP contribution < -0.4 is 5.32 Å². The van der Waals surface area contributed by atoms with Crippen molar-refractivity contribution in [3.63, 3.8) is 0 Å². The highest BCUT2D eigenvalue weighted by Gasteiger charge is 2.05. The summed E-state index contributed by atoms with van der Waals surface area (Å²) in [6.07, 6.45) is 3.19. The van der Waals surface area contributed by atoms with Gasteiger partial charge in [0.1, 0.15) is 0 Å². The molecule has 3 heteroatoms. The molecule has 0 atom stereocenters. The minimum absolute atomic E-state index is 0.916. The molecule has 0 saturated heterocycles. The lowest BCUT2D eigenvalue weighted by Crippen LogP contribution is -2.02. The number of hydrogen-bond acceptors (Lipinski definition) is 2. The summed E-state index contributed by atoms with van der Waals surface area (Å²) in [7, 11) is 0. The molecule has 1 heterocycles. The number of aromatic nitrogens is 2. The van der Waals surface area contributed by atoms with Gasteiger partial charge in [-0.2, -0.15) is 0 Å². The Labute approximate surface area is 119 Å². The van der Waals surface area contributed by atoms with Gasteiger partial charge in [-0.3, -0.25) is 0 Å². The van der Waals surface area contributed by atoms with Gasteiger partial charge in [-0.1, -0.05) is 37.3 Å². The number of nitrogens with zero attached hydrogens (tertiary/aromatic N) is 2. The fourth-order valence-corrected chi connectivity index (χ4v) is 2.45. The summed E-state index contributed by atoms with van der Waals surface area (Å²) in [5.74, 6) is 0.916. The molecule has 0 spiro atoms. The molecule has 3 aromatic rings. The molecule has 0 radical (unpaired) electrons. The first kappa shape index (κ1) is 12.7. The number of nitrogens with one attached hydrogen (secondary N) is 1. The average molecular weight is 265 g/mol. The second kappa shape index (κ2) is 5.37. The molecule has 0 unspecified atom stereocenters. The summed E-state index contributed by atoms with van der Waals surface area (Å²) in [4.78, 5) is 4.56. The summed E-state index contributed by atoms with van der Waals surface area (Å²) < 4.78 is 2.17. The van der Waals surface area contributed by atoms with Crippen LogP contribution in [0.1, 0.15) is 19.0 Å². The van der Waals surface area contributed by atoms with Crippen LogP contribution in [0.5, 0.6) is 0 Å². The Balaban J connectivity index is 1.92. The fraction of sp³-hybridized carbons (Fsp3) is 0.235. The molecule has 1 N–H and O–H groups in total. The van der Waals surface area contributed by atoms with Crippen LogP contribution in [0.4, 0.5) is 11.6 Å². The molecule has 0 saturated carbocycles. The van der Waals surface area contributed by atoms with Crippen LogP contribution in [0.3, 0.4) is 0 Å². The molecule has 0 bridgehead atoms. The van der Waals surface area contributed by atoms with E-state index in [9.17, 15) is 0 Å². The first-order valence-electron chi connectivity index (χ1n) is 7.06. The van der Waals surface area contributed by atoms with Crippen LogP contribution in [0.2, 0.25) is 0 Å². The Kier molecular flexibility index (Phi) is 3.42. The van der Waals surface area contributed by atoms with Gasteiger partial charge in [-0.25, -0.2) is 4.98 Å². The lowest BCUT2D eigenvalue weighted by atomic mass is 10.1. The Morgan fingerprint density at radius 2 is 1.90 bits per heavy atom. The van der Waals surface area contributed by atoms with Gasteiger partial charge in [0.25, 0.3) is 0 Å². The SMILES string of the molecule is CCCn1cc(C)nc1Nc1ccc2ccccc2c1. The molecule has 0 aliphatic carbocycles. The van der Waals surface area contributed by atoms with E-state index in [1.165, 1.54) is 10.8 Å². The second-order valence-electron chi connectivity index (χ2n) is 5.09. The highest BCUT2D eigenvalue weighted by atomic mass is 15.2. The van der Waals surface area contributed by atoms with Gasteiger partial charge < -0.3 is 9.88 Å². The maximum absolute atomic E-state index is 4.56. The Morgan fingerprint density at radius 3 is 2.70 bits per heavy atom. The highest BCUT2D eigenvalue weighted by Crippen LogP contribution is 2.22. The maximum Gasteiger partial charge on any atom is 0.207 e. The van der Waals surface area contributed by atoms with Crippen LogP contribution in [0.15, 0.2) is 48.7 Å². The number of benzene rings is 2. The van der Waals surface area contributed by atoms with E-state index in [0.717, 1.165) is 30.3 Å². The molecule has 20 heavy (non-hydrogen) atoms. The number of hydrogen-bond donors (Lipinski definition) is 1. The van der Waals surface area contributed by atoms with Crippen molar-refractivity contribution in [2.75, 3.05) is 5.32 Å².